The van der Waals surface area contributed by atoms with Gasteiger partial charge in [-0.15, -0.1) is 0 Å². The van der Waals surface area contributed by atoms with Crippen molar-refractivity contribution in [2.24, 2.45) is 11.8 Å². The molecule has 0 radical (unpaired) electrons. The van der Waals surface area contributed by atoms with E-state index in [0.717, 1.165) is 49.5 Å². The summed E-state index contributed by atoms with van der Waals surface area (Å²) in [6.45, 7) is 3.75. The van der Waals surface area contributed by atoms with Gasteiger partial charge in [0.15, 0.2) is 0 Å². The molecule has 1 aromatic heterocycles. The predicted octanol–water partition coefficient (Wildman–Crippen LogP) is 3.66. The maximum Gasteiger partial charge on any atom is 0.324 e. The van der Waals surface area contributed by atoms with Crippen LogP contribution in [0, 0.1) is 11.8 Å². The van der Waals surface area contributed by atoms with Crippen molar-refractivity contribution < 1.29 is 14.1 Å². The number of carbonyl (C=O) groups is 1. The smallest absolute Gasteiger partial charge is 0.324 e. The number of hydrogen-bond donors (Lipinski definition) is 1. The lowest BCUT2D eigenvalue weighted by atomic mass is 9.87. The van der Waals surface area contributed by atoms with E-state index in [9.17, 15) is 4.79 Å². The first-order valence-electron chi connectivity index (χ1n) is 10.7. The average Bonchev–Trinajstić information content (AvgIpc) is 3.26. The van der Waals surface area contributed by atoms with Crippen molar-refractivity contribution in [3.63, 3.8) is 0 Å². The number of anilines is 1. The Morgan fingerprint density at radius 3 is 2.66 bits per heavy atom. The van der Waals surface area contributed by atoms with Crippen LogP contribution in [0.1, 0.15) is 45.4 Å². The molecule has 29 heavy (non-hydrogen) atoms. The molecule has 1 aromatic carbocycles. The highest BCUT2D eigenvalue weighted by Gasteiger charge is 2.30. The molecule has 2 fully saturated rings. The maximum atomic E-state index is 12.8. The molecule has 1 saturated carbocycles. The second-order valence-corrected chi connectivity index (χ2v) is 8.38. The molecular formula is C22H30N4O3. The van der Waals surface area contributed by atoms with Crippen LogP contribution in [0.3, 0.4) is 0 Å². The number of methoxy groups -OCH3 is 1. The summed E-state index contributed by atoms with van der Waals surface area (Å²) in [6.07, 6.45) is 6.46. The van der Waals surface area contributed by atoms with Gasteiger partial charge in [0.05, 0.1) is 13.0 Å². The van der Waals surface area contributed by atoms with Gasteiger partial charge < -0.3 is 19.5 Å². The SMILES string of the molecule is COc1ccc(-c2noc(N3CCCC(C(=O)NC4CCC(C)CC4)C3)n2)cc1. The number of carbonyl (C=O) groups excluding carboxylic acids is 1. The molecule has 2 aromatic rings. The van der Waals surface area contributed by atoms with Crippen LogP contribution in [-0.2, 0) is 4.79 Å². The quantitative estimate of drug-likeness (QED) is 0.828. The van der Waals surface area contributed by atoms with Gasteiger partial charge in [0, 0.05) is 24.7 Å². The molecule has 1 aliphatic heterocycles. The Kier molecular flexibility index (Phi) is 6.02. The Bertz CT molecular complexity index is 812. The molecule has 2 heterocycles. The fourth-order valence-corrected chi connectivity index (χ4v) is 4.29. The first-order valence-corrected chi connectivity index (χ1v) is 10.7. The highest BCUT2D eigenvalue weighted by molar-refractivity contribution is 5.79. The summed E-state index contributed by atoms with van der Waals surface area (Å²) in [5, 5.41) is 7.40. The summed E-state index contributed by atoms with van der Waals surface area (Å²) in [6, 6.07) is 8.38. The van der Waals surface area contributed by atoms with Gasteiger partial charge in [-0.05, 0) is 68.7 Å². The van der Waals surface area contributed by atoms with Crippen molar-refractivity contribution in [3.05, 3.63) is 24.3 Å². The molecule has 0 bridgehead atoms. The summed E-state index contributed by atoms with van der Waals surface area (Å²) >= 11 is 0. The van der Waals surface area contributed by atoms with E-state index in [4.69, 9.17) is 9.26 Å². The standard InChI is InChI=1S/C22H30N4O3/c1-15-5-9-18(10-6-15)23-21(27)17-4-3-13-26(14-17)22-24-20(25-29-22)16-7-11-19(28-2)12-8-16/h7-8,11-12,15,17-18H,3-6,9-10,13-14H2,1-2H3,(H,23,27). The van der Waals surface area contributed by atoms with E-state index >= 15 is 0 Å². The number of nitrogens with zero attached hydrogens (tertiary/aromatic N) is 3. The van der Waals surface area contributed by atoms with Gasteiger partial charge >= 0.3 is 6.01 Å². The number of nitrogens with one attached hydrogen (secondary N) is 1. The highest BCUT2D eigenvalue weighted by Crippen LogP contribution is 2.27. The number of rotatable bonds is 5. The topological polar surface area (TPSA) is 80.5 Å². The zero-order chi connectivity index (χ0) is 20.2. The molecule has 156 valence electrons. The first-order chi connectivity index (χ1) is 14.1. The zero-order valence-electron chi connectivity index (χ0n) is 17.3. The van der Waals surface area contributed by atoms with Crippen molar-refractivity contribution in [1.82, 2.24) is 15.5 Å². The van der Waals surface area contributed by atoms with Crippen molar-refractivity contribution in [2.45, 2.75) is 51.5 Å². The predicted molar refractivity (Wildman–Crippen MR) is 111 cm³/mol. The number of amides is 1. The number of piperidine rings is 1. The molecular weight excluding hydrogens is 368 g/mol. The number of ether oxygens (including phenoxy) is 1. The Hall–Kier alpha value is -2.57. The van der Waals surface area contributed by atoms with E-state index < -0.39 is 0 Å². The van der Waals surface area contributed by atoms with Crippen LogP contribution in [0.5, 0.6) is 5.75 Å². The summed E-state index contributed by atoms with van der Waals surface area (Å²) < 4.78 is 10.7. The van der Waals surface area contributed by atoms with Crippen molar-refractivity contribution in [3.8, 4) is 17.1 Å². The number of benzene rings is 1. The fourth-order valence-electron chi connectivity index (χ4n) is 4.29. The van der Waals surface area contributed by atoms with Gasteiger partial charge in [-0.25, -0.2) is 0 Å². The molecule has 1 aliphatic carbocycles. The highest BCUT2D eigenvalue weighted by atomic mass is 16.5. The Morgan fingerprint density at radius 2 is 1.93 bits per heavy atom. The van der Waals surface area contributed by atoms with E-state index in [0.29, 0.717) is 24.4 Å². The zero-order valence-corrected chi connectivity index (χ0v) is 17.3. The molecule has 1 amide bonds. The fraction of sp³-hybridized carbons (Fsp3) is 0.591. The lowest BCUT2D eigenvalue weighted by Gasteiger charge is -2.33. The monoisotopic (exact) mass is 398 g/mol. The third kappa shape index (κ3) is 4.71. The molecule has 4 rings (SSSR count). The molecule has 7 nitrogen and oxygen atoms in total. The molecule has 1 saturated heterocycles. The van der Waals surface area contributed by atoms with Gasteiger partial charge in [-0.2, -0.15) is 4.98 Å². The summed E-state index contributed by atoms with van der Waals surface area (Å²) in [5.74, 6) is 2.26. The lowest BCUT2D eigenvalue weighted by molar-refractivity contribution is -0.126. The van der Waals surface area contributed by atoms with Gasteiger partial charge in [-0.3, -0.25) is 4.79 Å². The summed E-state index contributed by atoms with van der Waals surface area (Å²) in [5.41, 5.74) is 0.874. The van der Waals surface area contributed by atoms with Gasteiger partial charge in [0.25, 0.3) is 0 Å². The van der Waals surface area contributed by atoms with E-state index in [1.54, 1.807) is 7.11 Å². The largest absolute Gasteiger partial charge is 0.497 e. The van der Waals surface area contributed by atoms with Crippen molar-refractivity contribution in [1.29, 1.82) is 0 Å². The van der Waals surface area contributed by atoms with Crippen LogP contribution in [-0.4, -0.2) is 42.3 Å². The van der Waals surface area contributed by atoms with E-state index in [1.165, 1.54) is 12.8 Å². The Labute approximate surface area is 171 Å². The first kappa shape index (κ1) is 19.7. The summed E-state index contributed by atoms with van der Waals surface area (Å²) in [7, 11) is 1.64. The van der Waals surface area contributed by atoms with Crippen LogP contribution in [0.2, 0.25) is 0 Å². The molecule has 0 spiro atoms. The Morgan fingerprint density at radius 1 is 1.17 bits per heavy atom. The third-order valence-electron chi connectivity index (χ3n) is 6.19. The lowest BCUT2D eigenvalue weighted by Crippen LogP contribution is -2.46. The van der Waals surface area contributed by atoms with Gasteiger partial charge in [-0.1, -0.05) is 12.1 Å². The minimum absolute atomic E-state index is 0.0283. The molecule has 2 aliphatic rings. The van der Waals surface area contributed by atoms with Crippen LogP contribution >= 0.6 is 0 Å². The minimum atomic E-state index is -0.0283. The van der Waals surface area contributed by atoms with E-state index in [1.807, 2.05) is 29.2 Å². The normalized spacial score (nSPS) is 24.9. The van der Waals surface area contributed by atoms with Gasteiger partial charge in [0.2, 0.25) is 11.7 Å². The van der Waals surface area contributed by atoms with Crippen LogP contribution in [0.15, 0.2) is 28.8 Å². The summed E-state index contributed by atoms with van der Waals surface area (Å²) in [4.78, 5) is 19.4. The molecule has 1 N–H and O–H groups in total. The second-order valence-electron chi connectivity index (χ2n) is 8.38. The maximum absolute atomic E-state index is 12.8. The van der Waals surface area contributed by atoms with E-state index in [2.05, 4.69) is 22.4 Å². The van der Waals surface area contributed by atoms with Crippen LogP contribution in [0.25, 0.3) is 11.4 Å². The van der Waals surface area contributed by atoms with Crippen LogP contribution in [0.4, 0.5) is 6.01 Å². The Balaban J connectivity index is 1.37. The van der Waals surface area contributed by atoms with E-state index in [-0.39, 0.29) is 11.8 Å². The number of hydrogen-bond acceptors (Lipinski definition) is 6. The third-order valence-corrected chi connectivity index (χ3v) is 6.19. The average molecular weight is 399 g/mol. The second kappa shape index (κ2) is 8.84. The van der Waals surface area contributed by atoms with Crippen molar-refractivity contribution in [2.75, 3.05) is 25.1 Å². The van der Waals surface area contributed by atoms with Crippen molar-refractivity contribution >= 4 is 11.9 Å². The number of aromatic nitrogens is 2. The van der Waals surface area contributed by atoms with Gasteiger partial charge in [0.1, 0.15) is 5.75 Å². The molecule has 1 atom stereocenters. The molecule has 1 unspecified atom stereocenters. The van der Waals surface area contributed by atoms with Crippen LogP contribution < -0.4 is 15.0 Å². The molecule has 7 heteroatoms. The minimum Gasteiger partial charge on any atom is -0.497 e.